The number of hydrogen-bond acceptors (Lipinski definition) is 5. The van der Waals surface area contributed by atoms with Crippen LogP contribution in [0.15, 0.2) is 36.8 Å². The number of pyridine rings is 2. The molecule has 1 aliphatic heterocycles. The largest absolute Gasteiger partial charge is 0.329 e. The normalized spacial score (nSPS) is 18.5. The number of carbonyl (C=O) groups excluding carboxylic acids is 1. The summed E-state index contributed by atoms with van der Waals surface area (Å²) in [7, 11) is 0. The second kappa shape index (κ2) is 9.51. The lowest BCUT2D eigenvalue weighted by atomic mass is 10.0. The summed E-state index contributed by atoms with van der Waals surface area (Å²) < 4.78 is 1.92. The van der Waals surface area contributed by atoms with Gasteiger partial charge in [0.2, 0.25) is 0 Å². The Morgan fingerprint density at radius 1 is 1.23 bits per heavy atom. The number of fused-ring (bicyclic) bond motifs is 1. The molecule has 1 N–H and O–H groups in total. The molecular weight excluding hydrogens is 435 g/mol. The molecule has 166 valence electrons. The van der Waals surface area contributed by atoms with Gasteiger partial charge in [-0.1, -0.05) is 6.07 Å². The minimum absolute atomic E-state index is 0. The number of nitrogens with zero attached hydrogens (tertiary/aromatic N) is 5. The summed E-state index contributed by atoms with van der Waals surface area (Å²) in [6.45, 7) is 6.37. The van der Waals surface area contributed by atoms with Gasteiger partial charge in [-0.05, 0) is 44.4 Å². The lowest BCUT2D eigenvalue weighted by molar-refractivity contribution is 0.0636. The van der Waals surface area contributed by atoms with Gasteiger partial charge in [-0.2, -0.15) is 5.10 Å². The van der Waals surface area contributed by atoms with Crippen molar-refractivity contribution in [1.82, 2.24) is 30.0 Å². The molecule has 7 nitrogen and oxygen atoms in total. The van der Waals surface area contributed by atoms with Crippen molar-refractivity contribution in [3.05, 3.63) is 53.6 Å². The minimum atomic E-state index is -0.0299. The molecule has 1 saturated heterocycles. The summed E-state index contributed by atoms with van der Waals surface area (Å²) in [5.74, 6) is 0.525. The molecule has 1 saturated carbocycles. The Kier molecular flexibility index (Phi) is 7.19. The lowest BCUT2D eigenvalue weighted by Crippen LogP contribution is -2.48. The summed E-state index contributed by atoms with van der Waals surface area (Å²) in [5.41, 5.74) is 3.62. The highest BCUT2D eigenvalue weighted by atomic mass is 35.5. The Balaban J connectivity index is 0.00000136. The molecule has 3 aromatic heterocycles. The molecule has 1 atom stereocenters. The van der Waals surface area contributed by atoms with Crippen molar-refractivity contribution in [2.24, 2.45) is 0 Å². The zero-order valence-electron chi connectivity index (χ0n) is 17.7. The van der Waals surface area contributed by atoms with Gasteiger partial charge in [0.25, 0.3) is 5.91 Å². The van der Waals surface area contributed by atoms with Crippen LogP contribution in [0.3, 0.4) is 0 Å². The van der Waals surface area contributed by atoms with Crippen molar-refractivity contribution in [2.75, 3.05) is 19.6 Å². The molecule has 2 fully saturated rings. The summed E-state index contributed by atoms with van der Waals surface area (Å²) in [6, 6.07) is 6.14. The third-order valence-corrected chi connectivity index (χ3v) is 5.88. The number of aromatic nitrogens is 4. The monoisotopic (exact) mass is 462 g/mol. The van der Waals surface area contributed by atoms with Gasteiger partial charge in [0.05, 0.1) is 23.2 Å². The molecule has 3 aromatic rings. The number of carbonyl (C=O) groups is 1. The van der Waals surface area contributed by atoms with Gasteiger partial charge in [0.15, 0.2) is 5.65 Å². The Morgan fingerprint density at radius 2 is 2.03 bits per heavy atom. The fraction of sp³-hybridized carbons (Fsp3) is 0.455. The highest BCUT2D eigenvalue weighted by molar-refractivity contribution is 6.05. The first-order valence-electron chi connectivity index (χ1n) is 10.4. The fourth-order valence-corrected chi connectivity index (χ4v) is 4.15. The van der Waals surface area contributed by atoms with Crippen LogP contribution in [-0.4, -0.2) is 50.2 Å². The van der Waals surface area contributed by atoms with E-state index < -0.39 is 0 Å². The minimum Gasteiger partial charge on any atom is -0.329 e. The van der Waals surface area contributed by atoms with E-state index >= 15 is 0 Å². The summed E-state index contributed by atoms with van der Waals surface area (Å²) in [4.78, 5) is 24.9. The number of hydrogen-bond donors (Lipinski definition) is 1. The smallest absolute Gasteiger partial charge is 0.255 e. The Hall–Kier alpha value is -2.22. The lowest BCUT2D eigenvalue weighted by Gasteiger charge is -2.36. The van der Waals surface area contributed by atoms with Crippen LogP contribution in [0.4, 0.5) is 0 Å². The molecule has 0 spiro atoms. The summed E-state index contributed by atoms with van der Waals surface area (Å²) in [6.07, 6.45) is 7.71. The van der Waals surface area contributed by atoms with E-state index in [1.807, 2.05) is 34.0 Å². The number of nitrogens with one attached hydrogen (secondary N) is 1. The van der Waals surface area contributed by atoms with Gasteiger partial charge in [-0.25, -0.2) is 9.67 Å². The number of piperazine rings is 1. The molecule has 2 aliphatic rings. The Morgan fingerprint density at radius 3 is 2.71 bits per heavy atom. The predicted molar refractivity (Wildman–Crippen MR) is 125 cm³/mol. The molecule has 1 aliphatic carbocycles. The van der Waals surface area contributed by atoms with E-state index in [0.717, 1.165) is 53.8 Å². The van der Waals surface area contributed by atoms with Gasteiger partial charge >= 0.3 is 0 Å². The first kappa shape index (κ1) is 23.4. The molecule has 5 rings (SSSR count). The standard InChI is InChI=1S/C22H26N6O.2ClH/c1-14(2)28-21-18(12-25-28)17(10-19(26-21)15-5-6-15)22(29)27-9-8-24-13-20(27)16-4-3-7-23-11-16;;/h3-4,7,10-12,14-15,20,24H,5-6,8-9,13H2,1-2H3;2*1H. The van der Waals surface area contributed by atoms with Gasteiger partial charge in [-0.3, -0.25) is 9.78 Å². The second-order valence-corrected chi connectivity index (χ2v) is 8.29. The van der Waals surface area contributed by atoms with Gasteiger partial charge in [0.1, 0.15) is 0 Å². The number of halogens is 2. The van der Waals surface area contributed by atoms with Crippen molar-refractivity contribution in [2.45, 2.75) is 44.7 Å². The Bertz CT molecular complexity index is 1050. The first-order valence-corrected chi connectivity index (χ1v) is 10.4. The molecular formula is C22H28Cl2N6O. The van der Waals surface area contributed by atoms with Crippen LogP contribution in [0.25, 0.3) is 11.0 Å². The van der Waals surface area contributed by atoms with Crippen molar-refractivity contribution in [3.63, 3.8) is 0 Å². The van der Waals surface area contributed by atoms with Crippen LogP contribution >= 0.6 is 24.8 Å². The van der Waals surface area contributed by atoms with E-state index in [4.69, 9.17) is 4.98 Å². The van der Waals surface area contributed by atoms with Gasteiger partial charge < -0.3 is 10.2 Å². The van der Waals surface area contributed by atoms with E-state index in [1.165, 1.54) is 0 Å². The maximum atomic E-state index is 13.8. The van der Waals surface area contributed by atoms with Crippen LogP contribution < -0.4 is 5.32 Å². The second-order valence-electron chi connectivity index (χ2n) is 8.29. The van der Waals surface area contributed by atoms with Crippen LogP contribution in [0, 0.1) is 0 Å². The van der Waals surface area contributed by atoms with Crippen molar-refractivity contribution in [3.8, 4) is 0 Å². The highest BCUT2D eigenvalue weighted by Gasteiger charge is 2.33. The summed E-state index contributed by atoms with van der Waals surface area (Å²) >= 11 is 0. The van der Waals surface area contributed by atoms with Crippen molar-refractivity contribution in [1.29, 1.82) is 0 Å². The van der Waals surface area contributed by atoms with Crippen molar-refractivity contribution < 1.29 is 4.79 Å². The molecule has 0 bridgehead atoms. The summed E-state index contributed by atoms with van der Waals surface area (Å²) in [5, 5.41) is 8.80. The highest BCUT2D eigenvalue weighted by Crippen LogP contribution is 2.40. The Labute approximate surface area is 194 Å². The zero-order valence-corrected chi connectivity index (χ0v) is 19.3. The van der Waals surface area contributed by atoms with Crippen LogP contribution in [0.5, 0.6) is 0 Å². The molecule has 4 heterocycles. The molecule has 0 radical (unpaired) electrons. The first-order chi connectivity index (χ1) is 14.1. The average molecular weight is 463 g/mol. The SMILES string of the molecule is CC(C)n1ncc2c(C(=O)N3CCNCC3c3cccnc3)cc(C3CC3)nc21.Cl.Cl. The number of amides is 1. The van der Waals surface area contributed by atoms with E-state index in [0.29, 0.717) is 12.5 Å². The maximum absolute atomic E-state index is 13.8. The quantitative estimate of drug-likeness (QED) is 0.635. The average Bonchev–Trinajstić information content (AvgIpc) is 3.52. The van der Waals surface area contributed by atoms with Gasteiger partial charge in [-0.15, -0.1) is 24.8 Å². The molecule has 0 aromatic carbocycles. The third kappa shape index (κ3) is 4.40. The molecule has 31 heavy (non-hydrogen) atoms. The maximum Gasteiger partial charge on any atom is 0.255 e. The van der Waals surface area contributed by atoms with E-state index in [1.54, 1.807) is 12.4 Å². The van der Waals surface area contributed by atoms with Crippen molar-refractivity contribution >= 4 is 41.8 Å². The van der Waals surface area contributed by atoms with E-state index in [-0.39, 0.29) is 42.8 Å². The van der Waals surface area contributed by atoms with Crippen LogP contribution in [0.1, 0.15) is 66.3 Å². The van der Waals surface area contributed by atoms with Crippen LogP contribution in [0.2, 0.25) is 0 Å². The van der Waals surface area contributed by atoms with Crippen LogP contribution in [-0.2, 0) is 0 Å². The van der Waals surface area contributed by atoms with E-state index in [2.05, 4.69) is 29.2 Å². The zero-order chi connectivity index (χ0) is 20.0. The third-order valence-electron chi connectivity index (χ3n) is 5.88. The van der Waals surface area contributed by atoms with Gasteiger partial charge in [0, 0.05) is 49.7 Å². The molecule has 1 amide bonds. The molecule has 1 unspecified atom stereocenters. The van der Waals surface area contributed by atoms with E-state index in [9.17, 15) is 4.79 Å². The number of rotatable bonds is 4. The predicted octanol–water partition coefficient (Wildman–Crippen LogP) is 3.91. The topological polar surface area (TPSA) is 75.9 Å². The fourth-order valence-electron chi connectivity index (χ4n) is 4.15. The molecule has 9 heteroatoms.